The maximum Gasteiger partial charge on any atom is 0.227 e. The van der Waals surface area contributed by atoms with Gasteiger partial charge in [-0.2, -0.15) is 4.98 Å². The minimum absolute atomic E-state index is 0.180. The summed E-state index contributed by atoms with van der Waals surface area (Å²) in [4.78, 5) is 20.8. The van der Waals surface area contributed by atoms with E-state index in [4.69, 9.17) is 43.1 Å². The number of ether oxygens (including phenoxy) is 7. The van der Waals surface area contributed by atoms with Gasteiger partial charge in [0.2, 0.25) is 5.95 Å². The van der Waals surface area contributed by atoms with Crippen LogP contribution < -0.4 is 10.2 Å². The number of imidazole rings is 1. The van der Waals surface area contributed by atoms with Crippen LogP contribution in [0.2, 0.25) is 0 Å². The number of pyridine rings is 1. The highest BCUT2D eigenvalue weighted by Gasteiger charge is 2.21. The fourth-order valence-electron chi connectivity index (χ4n) is 5.71. The average Bonchev–Trinajstić information content (AvgIpc) is 3.52. The number of methoxy groups -OCH3 is 1. The molecule has 0 radical (unpaired) electrons. The zero-order valence-corrected chi connectivity index (χ0v) is 30.2. The van der Waals surface area contributed by atoms with Crippen molar-refractivity contribution in [1.82, 2.24) is 24.5 Å². The molecular formula is C37H53N7O7. The Labute approximate surface area is 300 Å². The van der Waals surface area contributed by atoms with Crippen LogP contribution in [0.25, 0.3) is 11.0 Å². The number of hydrogen-bond acceptors (Lipinski definition) is 13. The van der Waals surface area contributed by atoms with E-state index in [0.29, 0.717) is 103 Å². The van der Waals surface area contributed by atoms with Crippen molar-refractivity contribution in [2.45, 2.75) is 52.0 Å². The first kappa shape index (κ1) is 38.5. The molecule has 5 rings (SSSR count). The minimum Gasteiger partial charge on any atom is -0.381 e. The Balaban J connectivity index is 0.924. The van der Waals surface area contributed by atoms with Crippen molar-refractivity contribution in [3.8, 4) is 0 Å². The molecule has 3 aromatic heterocycles. The topological polar surface area (TPSA) is 136 Å². The SMILES string of the molecule is COC1CCN(c2nccc(Nc3cc4c(cn3)nc(COCCOCCOCCOCCOCCOCc3ccccc3)n4C(C)C)n2)CC1. The number of nitrogens with one attached hydrogen (secondary N) is 1. The Morgan fingerprint density at radius 1 is 0.725 bits per heavy atom. The van der Waals surface area contributed by atoms with Gasteiger partial charge in [0.15, 0.2) is 0 Å². The van der Waals surface area contributed by atoms with E-state index in [1.807, 2.05) is 42.5 Å². The highest BCUT2D eigenvalue weighted by molar-refractivity contribution is 5.79. The smallest absolute Gasteiger partial charge is 0.227 e. The van der Waals surface area contributed by atoms with Crippen molar-refractivity contribution in [2.75, 3.05) is 96.5 Å². The summed E-state index contributed by atoms with van der Waals surface area (Å²) in [6.45, 7) is 12.0. The Morgan fingerprint density at radius 2 is 1.33 bits per heavy atom. The third-order valence-electron chi connectivity index (χ3n) is 8.33. The number of piperidine rings is 1. The molecule has 4 heterocycles. The summed E-state index contributed by atoms with van der Waals surface area (Å²) in [5, 5.41) is 3.35. The van der Waals surface area contributed by atoms with Gasteiger partial charge in [0, 0.05) is 38.5 Å². The molecule has 0 unspecified atom stereocenters. The summed E-state index contributed by atoms with van der Waals surface area (Å²) in [6.07, 6.45) is 5.79. The summed E-state index contributed by atoms with van der Waals surface area (Å²) >= 11 is 0. The van der Waals surface area contributed by atoms with Crippen molar-refractivity contribution < 1.29 is 33.2 Å². The summed E-state index contributed by atoms with van der Waals surface area (Å²) in [5.41, 5.74) is 2.95. The number of aromatic nitrogens is 5. The van der Waals surface area contributed by atoms with Crippen LogP contribution in [0.5, 0.6) is 0 Å². The Hall–Kier alpha value is -3.76. The minimum atomic E-state index is 0.180. The molecule has 51 heavy (non-hydrogen) atoms. The second-order valence-electron chi connectivity index (χ2n) is 12.4. The van der Waals surface area contributed by atoms with Gasteiger partial charge in [0.05, 0.1) is 90.5 Å². The van der Waals surface area contributed by atoms with Crippen LogP contribution in [0.1, 0.15) is 44.1 Å². The Bertz CT molecular complexity index is 1550. The lowest BCUT2D eigenvalue weighted by Crippen LogP contribution is -2.37. The first-order valence-corrected chi connectivity index (χ1v) is 17.9. The third-order valence-corrected chi connectivity index (χ3v) is 8.33. The molecule has 14 nitrogen and oxygen atoms in total. The Kier molecular flexibility index (Phi) is 16.3. The predicted octanol–water partition coefficient (Wildman–Crippen LogP) is 4.96. The van der Waals surface area contributed by atoms with Crippen molar-refractivity contribution in [2.24, 2.45) is 0 Å². The van der Waals surface area contributed by atoms with Gasteiger partial charge in [-0.05, 0) is 38.3 Å². The van der Waals surface area contributed by atoms with Crippen LogP contribution in [0.4, 0.5) is 17.6 Å². The molecular weight excluding hydrogens is 654 g/mol. The van der Waals surface area contributed by atoms with Crippen LogP contribution in [0.15, 0.2) is 54.9 Å². The molecule has 1 N–H and O–H groups in total. The van der Waals surface area contributed by atoms with E-state index in [1.54, 1.807) is 19.5 Å². The normalized spacial score (nSPS) is 13.8. The van der Waals surface area contributed by atoms with Crippen molar-refractivity contribution >= 4 is 28.6 Å². The molecule has 14 heteroatoms. The largest absolute Gasteiger partial charge is 0.381 e. The van der Waals surface area contributed by atoms with Gasteiger partial charge < -0.3 is 47.9 Å². The molecule has 0 bridgehead atoms. The summed E-state index contributed by atoms with van der Waals surface area (Å²) in [6, 6.07) is 14.1. The van der Waals surface area contributed by atoms with E-state index >= 15 is 0 Å². The van der Waals surface area contributed by atoms with Gasteiger partial charge in [-0.1, -0.05) is 30.3 Å². The first-order chi connectivity index (χ1) is 25.1. The highest BCUT2D eigenvalue weighted by atomic mass is 16.6. The molecule has 1 aliphatic rings. The molecule has 0 saturated carbocycles. The van der Waals surface area contributed by atoms with E-state index in [-0.39, 0.29) is 6.04 Å². The van der Waals surface area contributed by atoms with Crippen LogP contribution in [-0.2, 0) is 46.4 Å². The molecule has 278 valence electrons. The molecule has 1 aliphatic heterocycles. The second kappa shape index (κ2) is 21.6. The van der Waals surface area contributed by atoms with Crippen LogP contribution in [0, 0.1) is 0 Å². The fraction of sp³-hybridized carbons (Fsp3) is 0.568. The van der Waals surface area contributed by atoms with Gasteiger partial charge in [0.1, 0.15) is 29.6 Å². The average molecular weight is 708 g/mol. The van der Waals surface area contributed by atoms with Crippen molar-refractivity contribution in [3.05, 3.63) is 66.2 Å². The highest BCUT2D eigenvalue weighted by Crippen LogP contribution is 2.25. The first-order valence-electron chi connectivity index (χ1n) is 17.9. The molecule has 1 aromatic carbocycles. The maximum absolute atomic E-state index is 5.93. The summed E-state index contributed by atoms with van der Waals surface area (Å²) in [5.74, 6) is 2.93. The van der Waals surface area contributed by atoms with Gasteiger partial charge >= 0.3 is 0 Å². The molecule has 0 amide bonds. The van der Waals surface area contributed by atoms with Gasteiger partial charge in [-0.3, -0.25) is 0 Å². The lowest BCUT2D eigenvalue weighted by molar-refractivity contribution is -0.0189. The van der Waals surface area contributed by atoms with Crippen LogP contribution in [-0.4, -0.2) is 117 Å². The molecule has 4 aromatic rings. The van der Waals surface area contributed by atoms with Gasteiger partial charge in [-0.15, -0.1) is 0 Å². The molecule has 1 saturated heterocycles. The summed E-state index contributed by atoms with van der Waals surface area (Å²) < 4.78 is 41.5. The summed E-state index contributed by atoms with van der Waals surface area (Å²) in [7, 11) is 1.77. The number of rotatable bonds is 24. The third kappa shape index (κ3) is 12.8. The number of anilines is 3. The van der Waals surface area contributed by atoms with Crippen molar-refractivity contribution in [1.29, 1.82) is 0 Å². The zero-order valence-electron chi connectivity index (χ0n) is 30.2. The fourth-order valence-corrected chi connectivity index (χ4v) is 5.71. The van der Waals surface area contributed by atoms with Crippen LogP contribution in [0.3, 0.4) is 0 Å². The quantitative estimate of drug-likeness (QED) is 0.0984. The number of nitrogens with zero attached hydrogens (tertiary/aromatic N) is 6. The monoisotopic (exact) mass is 707 g/mol. The lowest BCUT2D eigenvalue weighted by Gasteiger charge is -2.31. The Morgan fingerprint density at radius 3 is 1.94 bits per heavy atom. The predicted molar refractivity (Wildman–Crippen MR) is 195 cm³/mol. The molecule has 1 fully saturated rings. The molecule has 0 aliphatic carbocycles. The maximum atomic E-state index is 5.93. The lowest BCUT2D eigenvalue weighted by atomic mass is 10.1. The van der Waals surface area contributed by atoms with E-state index in [9.17, 15) is 0 Å². The van der Waals surface area contributed by atoms with Gasteiger partial charge in [0.25, 0.3) is 0 Å². The number of fused-ring (bicyclic) bond motifs is 1. The second-order valence-corrected chi connectivity index (χ2v) is 12.4. The van der Waals surface area contributed by atoms with E-state index < -0.39 is 0 Å². The van der Waals surface area contributed by atoms with E-state index in [1.165, 1.54) is 0 Å². The molecule has 0 spiro atoms. The van der Waals surface area contributed by atoms with Crippen molar-refractivity contribution in [3.63, 3.8) is 0 Å². The zero-order chi connectivity index (χ0) is 35.5. The molecule has 0 atom stereocenters. The number of hydrogen-bond donors (Lipinski definition) is 1. The van der Waals surface area contributed by atoms with Gasteiger partial charge in [-0.25, -0.2) is 15.0 Å². The van der Waals surface area contributed by atoms with Crippen LogP contribution >= 0.6 is 0 Å². The standard InChI is InChI=1S/C37H53N7O7/c1-29(2)44-33-25-35(41-34-9-12-38-37(42-34)43-13-10-31(45-3)11-14-43)39-26-32(33)40-36(44)28-51-24-22-49-20-18-47-16-15-46-17-19-48-21-23-50-27-30-7-5-4-6-8-30/h4-9,12,25-26,29,31H,10-11,13-24,27-28H2,1-3H3,(H,38,39,41,42). The van der Waals surface area contributed by atoms with E-state index in [2.05, 4.69) is 38.6 Å². The van der Waals surface area contributed by atoms with E-state index in [0.717, 1.165) is 48.4 Å². The number of benzene rings is 1.